The van der Waals surface area contributed by atoms with Crippen LogP contribution in [0.1, 0.15) is 63.3 Å². The van der Waals surface area contributed by atoms with Crippen LogP contribution >= 0.6 is 11.6 Å². The van der Waals surface area contributed by atoms with E-state index in [0.717, 1.165) is 18.4 Å². The van der Waals surface area contributed by atoms with Gasteiger partial charge in [0, 0.05) is 40.4 Å². The minimum atomic E-state index is -4.89. The quantitative estimate of drug-likeness (QED) is 0.158. The summed E-state index contributed by atoms with van der Waals surface area (Å²) in [6.45, 7) is 6.83. The summed E-state index contributed by atoms with van der Waals surface area (Å²) in [5, 5.41) is 17.5. The molecule has 1 aliphatic heterocycles. The van der Waals surface area contributed by atoms with E-state index in [1.807, 2.05) is 13.8 Å². The first-order valence-corrected chi connectivity index (χ1v) is 15.3. The zero-order valence-corrected chi connectivity index (χ0v) is 27.2. The number of oxime groups is 1. The Hall–Kier alpha value is -4.45. The van der Waals surface area contributed by atoms with Gasteiger partial charge in [0.05, 0.1) is 18.5 Å². The lowest BCUT2D eigenvalue weighted by Crippen LogP contribution is -2.38. The third-order valence-corrected chi connectivity index (χ3v) is 8.53. The fourth-order valence-electron chi connectivity index (χ4n) is 5.54. The highest BCUT2D eigenvalue weighted by Gasteiger charge is 2.54. The molecule has 13 heteroatoms. The molecule has 1 amide bonds. The van der Waals surface area contributed by atoms with E-state index < -0.39 is 35.6 Å². The first-order chi connectivity index (χ1) is 22.0. The lowest BCUT2D eigenvalue weighted by Gasteiger charge is -2.27. The number of aliphatic carboxylic acids is 1. The summed E-state index contributed by atoms with van der Waals surface area (Å²) in [5.74, 6) is -1.76. The number of alkyl halides is 3. The third kappa shape index (κ3) is 7.43. The number of carboxylic acid groups (broad SMARTS) is 1. The van der Waals surface area contributed by atoms with Gasteiger partial charge in [-0.1, -0.05) is 48.8 Å². The molecule has 0 radical (unpaired) electrons. The van der Waals surface area contributed by atoms with Crippen molar-refractivity contribution in [3.8, 4) is 11.5 Å². The van der Waals surface area contributed by atoms with Gasteiger partial charge >= 0.3 is 12.3 Å². The maximum atomic E-state index is 14.5. The number of benzene rings is 3. The Morgan fingerprint density at radius 2 is 1.70 bits per heavy atom. The van der Waals surface area contributed by atoms with E-state index in [9.17, 15) is 27.9 Å². The molecule has 2 aliphatic rings. The molecule has 0 saturated heterocycles. The second kappa shape index (κ2) is 12.6. The SMILES string of the molecule is COc1cc(NC(C(=O)N2CC3(CC3)c3ccc(OC(F)(F)F)cc32)c2ccc(Cl)cc2)cc(/C(=N/OC(C)(C)C(=O)O)C(C)C)c1. The highest BCUT2D eigenvalue weighted by Crippen LogP contribution is 2.57. The summed E-state index contributed by atoms with van der Waals surface area (Å²) in [7, 11) is 1.48. The van der Waals surface area contributed by atoms with E-state index in [0.29, 0.717) is 45.5 Å². The number of hydrogen-bond donors (Lipinski definition) is 2. The second-order valence-electron chi connectivity index (χ2n) is 12.5. The van der Waals surface area contributed by atoms with Gasteiger partial charge in [-0.15, -0.1) is 13.2 Å². The maximum Gasteiger partial charge on any atom is 0.573 e. The molecule has 1 saturated carbocycles. The van der Waals surface area contributed by atoms with Gasteiger partial charge in [-0.3, -0.25) is 4.79 Å². The summed E-state index contributed by atoms with van der Waals surface area (Å²) >= 11 is 6.17. The lowest BCUT2D eigenvalue weighted by molar-refractivity contribution is -0.274. The molecule has 1 atom stereocenters. The van der Waals surface area contributed by atoms with E-state index in [4.69, 9.17) is 21.2 Å². The van der Waals surface area contributed by atoms with E-state index in [1.54, 1.807) is 48.5 Å². The Balaban J connectivity index is 1.54. The predicted molar refractivity (Wildman–Crippen MR) is 171 cm³/mol. The number of nitrogens with zero attached hydrogens (tertiary/aromatic N) is 2. The van der Waals surface area contributed by atoms with E-state index >= 15 is 0 Å². The molecule has 3 aromatic rings. The molecular formula is C34H35ClF3N3O6. The third-order valence-electron chi connectivity index (χ3n) is 8.28. The van der Waals surface area contributed by atoms with Gasteiger partial charge in [0.1, 0.15) is 17.5 Å². The normalized spacial score (nSPS) is 16.1. The fraction of sp³-hybridized carbons (Fsp3) is 0.382. The fourth-order valence-corrected chi connectivity index (χ4v) is 5.66. The van der Waals surface area contributed by atoms with Crippen LogP contribution in [-0.2, 0) is 19.8 Å². The first-order valence-electron chi connectivity index (χ1n) is 14.9. The van der Waals surface area contributed by atoms with Crippen LogP contribution in [0.2, 0.25) is 5.02 Å². The Morgan fingerprint density at radius 1 is 1.02 bits per heavy atom. The van der Waals surface area contributed by atoms with Crippen molar-refractivity contribution < 1.29 is 42.2 Å². The first kappa shape index (κ1) is 33.9. The summed E-state index contributed by atoms with van der Waals surface area (Å²) < 4.78 is 49.1. The molecule has 47 heavy (non-hydrogen) atoms. The number of nitrogens with one attached hydrogen (secondary N) is 1. The smallest absolute Gasteiger partial charge is 0.497 e. The number of halogens is 4. The number of methoxy groups -OCH3 is 1. The van der Waals surface area contributed by atoms with Crippen LogP contribution in [0.5, 0.6) is 11.5 Å². The molecule has 1 heterocycles. The molecule has 2 N–H and O–H groups in total. The largest absolute Gasteiger partial charge is 0.573 e. The maximum absolute atomic E-state index is 14.5. The van der Waals surface area contributed by atoms with Crippen molar-refractivity contribution in [1.82, 2.24) is 0 Å². The molecule has 0 bridgehead atoms. The van der Waals surface area contributed by atoms with Crippen LogP contribution in [0.4, 0.5) is 24.5 Å². The Labute approximate surface area is 275 Å². The van der Waals surface area contributed by atoms with Crippen molar-refractivity contribution in [2.45, 2.75) is 64.0 Å². The Bertz CT molecular complexity index is 1700. The molecule has 1 unspecified atom stereocenters. The van der Waals surface area contributed by atoms with Crippen LogP contribution in [0.15, 0.2) is 65.8 Å². The van der Waals surface area contributed by atoms with Crippen molar-refractivity contribution in [2.75, 3.05) is 23.9 Å². The van der Waals surface area contributed by atoms with Crippen LogP contribution < -0.4 is 19.7 Å². The minimum Gasteiger partial charge on any atom is -0.497 e. The number of rotatable bonds is 11. The molecule has 1 aliphatic carbocycles. The molecule has 3 aromatic carbocycles. The molecule has 9 nitrogen and oxygen atoms in total. The summed E-state index contributed by atoms with van der Waals surface area (Å²) in [4.78, 5) is 33.1. The summed E-state index contributed by atoms with van der Waals surface area (Å²) in [6.07, 6.45) is -3.28. The van der Waals surface area contributed by atoms with Crippen molar-refractivity contribution in [2.24, 2.45) is 11.1 Å². The zero-order valence-electron chi connectivity index (χ0n) is 26.4. The summed E-state index contributed by atoms with van der Waals surface area (Å²) in [6, 6.07) is 15.0. The minimum absolute atomic E-state index is 0.197. The van der Waals surface area contributed by atoms with Crippen molar-refractivity contribution >= 4 is 40.6 Å². The number of ether oxygens (including phenoxy) is 2. The zero-order chi connectivity index (χ0) is 34.3. The lowest BCUT2D eigenvalue weighted by atomic mass is 9.98. The molecule has 0 aromatic heterocycles. The van der Waals surface area contributed by atoms with Gasteiger partial charge in [0.15, 0.2) is 0 Å². The standard InChI is InChI=1S/C34H35ClF3N3O6/c1-19(2)28(40-47-32(3,4)31(43)44)21-14-23(16-25(15-21)45-5)39-29(20-6-8-22(35)9-7-20)30(42)41-18-33(12-13-33)26-11-10-24(17-27(26)41)46-34(36,37)38/h6-11,14-17,19,29,39H,12-13,18H2,1-5H3,(H,43,44)/b40-28+. The van der Waals surface area contributed by atoms with Gasteiger partial charge < -0.3 is 29.6 Å². The average molecular weight is 674 g/mol. The van der Waals surface area contributed by atoms with Crippen molar-refractivity contribution in [3.05, 3.63) is 82.4 Å². The summed E-state index contributed by atoms with van der Waals surface area (Å²) in [5.41, 5.74) is 1.31. The van der Waals surface area contributed by atoms with Gasteiger partial charge in [0.2, 0.25) is 5.60 Å². The molecule has 1 spiro atoms. The Kier molecular flexibility index (Phi) is 9.11. The van der Waals surface area contributed by atoms with Crippen LogP contribution in [0, 0.1) is 5.92 Å². The monoisotopic (exact) mass is 673 g/mol. The van der Waals surface area contributed by atoms with Gasteiger partial charge in [-0.25, -0.2) is 4.79 Å². The van der Waals surface area contributed by atoms with Gasteiger partial charge in [-0.05, 0) is 74.1 Å². The number of carboxylic acids is 1. The molecule has 250 valence electrons. The van der Waals surface area contributed by atoms with E-state index in [1.165, 1.54) is 38.0 Å². The van der Waals surface area contributed by atoms with Crippen LogP contribution in [0.3, 0.4) is 0 Å². The predicted octanol–water partition coefficient (Wildman–Crippen LogP) is 7.72. The van der Waals surface area contributed by atoms with Crippen LogP contribution in [-0.4, -0.2) is 48.3 Å². The second-order valence-corrected chi connectivity index (χ2v) is 13.0. The highest BCUT2D eigenvalue weighted by atomic mass is 35.5. The molecule has 5 rings (SSSR count). The van der Waals surface area contributed by atoms with Crippen molar-refractivity contribution in [3.63, 3.8) is 0 Å². The number of hydrogen-bond acceptors (Lipinski definition) is 7. The number of carbonyl (C=O) groups excluding carboxylic acids is 1. The number of anilines is 2. The number of fused-ring (bicyclic) bond motifs is 2. The highest BCUT2D eigenvalue weighted by molar-refractivity contribution is 6.30. The van der Waals surface area contributed by atoms with Gasteiger partial charge in [0.25, 0.3) is 5.91 Å². The van der Waals surface area contributed by atoms with E-state index in [2.05, 4.69) is 15.2 Å². The van der Waals surface area contributed by atoms with E-state index in [-0.39, 0.29) is 11.3 Å². The van der Waals surface area contributed by atoms with Crippen LogP contribution in [0.25, 0.3) is 0 Å². The molecule has 1 fully saturated rings. The number of carbonyl (C=O) groups is 2. The van der Waals surface area contributed by atoms with Crippen molar-refractivity contribution in [1.29, 1.82) is 0 Å². The molecular weight excluding hydrogens is 639 g/mol. The topological polar surface area (TPSA) is 110 Å². The average Bonchev–Trinajstić information content (AvgIpc) is 3.70. The van der Waals surface area contributed by atoms with Gasteiger partial charge in [-0.2, -0.15) is 0 Å². The Morgan fingerprint density at radius 3 is 2.28 bits per heavy atom. The number of amides is 1.